The number of rotatable bonds is 11. The summed E-state index contributed by atoms with van der Waals surface area (Å²) in [6, 6.07) is 9.93. The van der Waals surface area contributed by atoms with Crippen LogP contribution in [0.15, 0.2) is 34.8 Å². The Bertz CT molecular complexity index is 1350. The molecule has 1 fully saturated rings. The van der Waals surface area contributed by atoms with E-state index in [-0.39, 0.29) is 12.2 Å². The zero-order valence-electron chi connectivity index (χ0n) is 24.8. The molecule has 0 radical (unpaired) electrons. The SMILES string of the molecule is COC(=O)C(OC(C)(C)C)c1c(C)nc2cc(-c3cccc(Br)c3)nn2c1N1CCC(C)(OCCOCCO)CC1. The van der Waals surface area contributed by atoms with E-state index in [9.17, 15) is 4.79 Å². The molecule has 1 aliphatic rings. The van der Waals surface area contributed by atoms with Crippen LogP contribution in [0.2, 0.25) is 0 Å². The predicted molar refractivity (Wildman–Crippen MR) is 160 cm³/mol. The molecular formula is C30H41BrN4O6. The monoisotopic (exact) mass is 632 g/mol. The number of anilines is 1. The summed E-state index contributed by atoms with van der Waals surface area (Å²) in [6.45, 7) is 12.3. The van der Waals surface area contributed by atoms with Crippen LogP contribution in [0.3, 0.4) is 0 Å². The highest BCUT2D eigenvalue weighted by Gasteiger charge is 2.38. The summed E-state index contributed by atoms with van der Waals surface area (Å²) in [5.41, 5.74) is 2.79. The maximum absolute atomic E-state index is 13.2. The fourth-order valence-electron chi connectivity index (χ4n) is 5.05. The van der Waals surface area contributed by atoms with Gasteiger partial charge in [0.1, 0.15) is 5.82 Å². The molecule has 1 unspecified atom stereocenters. The van der Waals surface area contributed by atoms with Gasteiger partial charge in [0, 0.05) is 34.9 Å². The van der Waals surface area contributed by atoms with Gasteiger partial charge < -0.3 is 29.0 Å². The molecule has 4 rings (SSSR count). The third-order valence-electron chi connectivity index (χ3n) is 7.11. The fourth-order valence-corrected chi connectivity index (χ4v) is 5.45. The molecule has 1 N–H and O–H groups in total. The van der Waals surface area contributed by atoms with Crippen LogP contribution < -0.4 is 4.90 Å². The number of aromatic nitrogens is 3. The smallest absolute Gasteiger partial charge is 0.339 e. The zero-order chi connectivity index (χ0) is 29.8. The Morgan fingerprint density at radius 1 is 1.17 bits per heavy atom. The molecule has 0 amide bonds. The predicted octanol–water partition coefficient (Wildman–Crippen LogP) is 4.88. The largest absolute Gasteiger partial charge is 0.467 e. The molecule has 41 heavy (non-hydrogen) atoms. The fraction of sp³-hybridized carbons (Fsp3) is 0.567. The number of aliphatic hydroxyl groups is 1. The summed E-state index contributed by atoms with van der Waals surface area (Å²) in [7, 11) is 1.37. The number of methoxy groups -OCH3 is 1. The number of hydrogen-bond acceptors (Lipinski definition) is 9. The average Bonchev–Trinajstić information content (AvgIpc) is 3.34. The maximum Gasteiger partial charge on any atom is 0.339 e. The first-order valence-electron chi connectivity index (χ1n) is 13.9. The number of nitrogens with zero attached hydrogens (tertiary/aromatic N) is 4. The van der Waals surface area contributed by atoms with E-state index in [0.29, 0.717) is 49.8 Å². The maximum atomic E-state index is 13.2. The third-order valence-corrected chi connectivity index (χ3v) is 7.60. The van der Waals surface area contributed by atoms with Crippen LogP contribution >= 0.6 is 15.9 Å². The van der Waals surface area contributed by atoms with E-state index in [2.05, 4.69) is 27.8 Å². The van der Waals surface area contributed by atoms with E-state index in [0.717, 1.165) is 34.4 Å². The highest BCUT2D eigenvalue weighted by molar-refractivity contribution is 9.10. The van der Waals surface area contributed by atoms with Crippen molar-refractivity contribution >= 4 is 33.4 Å². The number of carbonyl (C=O) groups is 1. The number of aryl methyl sites for hydroxylation is 1. The summed E-state index contributed by atoms with van der Waals surface area (Å²) >= 11 is 3.56. The Balaban J connectivity index is 1.76. The van der Waals surface area contributed by atoms with Gasteiger partial charge in [0.25, 0.3) is 0 Å². The van der Waals surface area contributed by atoms with Crippen molar-refractivity contribution in [3.63, 3.8) is 0 Å². The summed E-state index contributed by atoms with van der Waals surface area (Å²) < 4.78 is 25.9. The first kappa shape index (κ1) is 31.4. The molecule has 3 heterocycles. The number of esters is 1. The molecule has 3 aromatic rings. The summed E-state index contributed by atoms with van der Waals surface area (Å²) in [5, 5.41) is 13.9. The number of ether oxygens (including phenoxy) is 4. The van der Waals surface area contributed by atoms with Crippen molar-refractivity contribution in [1.82, 2.24) is 14.6 Å². The summed E-state index contributed by atoms with van der Waals surface area (Å²) in [5.74, 6) is 0.277. The van der Waals surface area contributed by atoms with E-state index >= 15 is 0 Å². The van der Waals surface area contributed by atoms with Crippen LogP contribution in [0.4, 0.5) is 5.82 Å². The van der Waals surface area contributed by atoms with E-state index in [1.165, 1.54) is 7.11 Å². The number of piperidine rings is 1. The van der Waals surface area contributed by atoms with Crippen molar-refractivity contribution in [2.75, 3.05) is 51.5 Å². The van der Waals surface area contributed by atoms with Crippen LogP contribution in [0.25, 0.3) is 16.9 Å². The molecule has 1 aliphatic heterocycles. The lowest BCUT2D eigenvalue weighted by Gasteiger charge is -2.41. The third kappa shape index (κ3) is 7.64. The van der Waals surface area contributed by atoms with Crippen molar-refractivity contribution < 1.29 is 28.8 Å². The van der Waals surface area contributed by atoms with Crippen LogP contribution in [0, 0.1) is 6.92 Å². The van der Waals surface area contributed by atoms with E-state index in [1.54, 1.807) is 0 Å². The van der Waals surface area contributed by atoms with Gasteiger partial charge in [-0.05, 0) is 59.6 Å². The van der Waals surface area contributed by atoms with Crippen LogP contribution in [0.5, 0.6) is 0 Å². The lowest BCUT2D eigenvalue weighted by atomic mass is 9.92. The molecule has 224 valence electrons. The van der Waals surface area contributed by atoms with E-state index in [1.807, 2.05) is 62.5 Å². The molecule has 11 heteroatoms. The summed E-state index contributed by atoms with van der Waals surface area (Å²) in [4.78, 5) is 20.3. The molecule has 0 aliphatic carbocycles. The van der Waals surface area contributed by atoms with Crippen molar-refractivity contribution in [2.45, 2.75) is 64.8 Å². The van der Waals surface area contributed by atoms with Gasteiger partial charge in [-0.25, -0.2) is 9.78 Å². The molecule has 1 saturated heterocycles. The first-order valence-corrected chi connectivity index (χ1v) is 14.7. The van der Waals surface area contributed by atoms with Crippen molar-refractivity contribution in [2.24, 2.45) is 0 Å². The zero-order valence-corrected chi connectivity index (χ0v) is 26.4. The van der Waals surface area contributed by atoms with Gasteiger partial charge >= 0.3 is 5.97 Å². The summed E-state index contributed by atoms with van der Waals surface area (Å²) in [6.07, 6.45) is 0.537. The quantitative estimate of drug-likeness (QED) is 0.234. The van der Waals surface area contributed by atoms with Gasteiger partial charge in [-0.2, -0.15) is 9.61 Å². The second-order valence-corrected chi connectivity index (χ2v) is 12.4. The van der Waals surface area contributed by atoms with Gasteiger partial charge in [0.15, 0.2) is 11.8 Å². The molecule has 0 spiro atoms. The normalized spacial score (nSPS) is 16.2. The standard InChI is InChI=1S/C30H41BrN4O6/c1-20-25(26(28(37)38-6)41-29(2,3)4)27(34-12-10-30(5,11-13-34)40-17-16-39-15-14-36)35-24(32-20)19-23(33-35)21-8-7-9-22(31)18-21/h7-9,18-19,26,36H,10-17H2,1-6H3. The number of halogens is 1. The topological polar surface area (TPSA) is 108 Å². The first-order chi connectivity index (χ1) is 19.4. The van der Waals surface area contributed by atoms with Crippen molar-refractivity contribution in [1.29, 1.82) is 0 Å². The lowest BCUT2D eigenvalue weighted by Crippen LogP contribution is -2.46. The minimum absolute atomic E-state index is 0.00341. The minimum Gasteiger partial charge on any atom is -0.467 e. The van der Waals surface area contributed by atoms with Crippen LogP contribution in [0.1, 0.15) is 57.9 Å². The van der Waals surface area contributed by atoms with E-state index in [4.69, 9.17) is 34.1 Å². The molecule has 0 saturated carbocycles. The lowest BCUT2D eigenvalue weighted by molar-refractivity contribution is -0.164. The van der Waals surface area contributed by atoms with Gasteiger partial charge in [-0.1, -0.05) is 28.1 Å². The number of hydrogen-bond donors (Lipinski definition) is 1. The molecule has 1 atom stereocenters. The Labute approximate surface area is 250 Å². The van der Waals surface area contributed by atoms with Crippen LogP contribution in [-0.2, 0) is 23.7 Å². The highest BCUT2D eigenvalue weighted by Crippen LogP contribution is 2.38. The molecule has 0 bridgehead atoms. The number of benzene rings is 1. The number of aliphatic hydroxyl groups excluding tert-OH is 1. The number of fused-ring (bicyclic) bond motifs is 1. The van der Waals surface area contributed by atoms with Crippen molar-refractivity contribution in [3.8, 4) is 11.3 Å². The Hall–Kier alpha value is -2.57. The molecular weight excluding hydrogens is 592 g/mol. The van der Waals surface area contributed by atoms with Gasteiger partial charge in [0.05, 0.1) is 56.0 Å². The Morgan fingerprint density at radius 2 is 1.90 bits per heavy atom. The second kappa shape index (κ2) is 13.2. The molecule has 1 aromatic carbocycles. The Kier molecular flexibility index (Phi) is 10.1. The average molecular weight is 634 g/mol. The van der Waals surface area contributed by atoms with Crippen molar-refractivity contribution in [3.05, 3.63) is 46.1 Å². The second-order valence-electron chi connectivity index (χ2n) is 11.5. The Morgan fingerprint density at radius 3 is 2.54 bits per heavy atom. The minimum atomic E-state index is -0.987. The van der Waals surface area contributed by atoms with Gasteiger partial charge in [-0.15, -0.1) is 0 Å². The molecule has 2 aromatic heterocycles. The van der Waals surface area contributed by atoms with E-state index < -0.39 is 17.7 Å². The number of carbonyl (C=O) groups excluding carboxylic acids is 1. The van der Waals surface area contributed by atoms with Crippen LogP contribution in [-0.4, -0.2) is 83.5 Å². The molecule has 10 nitrogen and oxygen atoms in total. The van der Waals surface area contributed by atoms with Gasteiger partial charge in [-0.3, -0.25) is 0 Å². The van der Waals surface area contributed by atoms with Gasteiger partial charge in [0.2, 0.25) is 0 Å². The highest BCUT2D eigenvalue weighted by atomic mass is 79.9.